The van der Waals surface area contributed by atoms with Crippen molar-refractivity contribution in [2.24, 2.45) is 5.92 Å². The smallest absolute Gasteiger partial charge is 0.227 e. The zero-order valence-corrected chi connectivity index (χ0v) is 21.0. The quantitative estimate of drug-likeness (QED) is 0.325. The highest BCUT2D eigenvalue weighted by Crippen LogP contribution is 2.41. The number of rotatable bonds is 7. The topological polar surface area (TPSA) is 103 Å². The number of piperidine rings is 1. The monoisotopic (exact) mass is 495 g/mol. The summed E-state index contributed by atoms with van der Waals surface area (Å²) in [6, 6.07) is 4.08. The Morgan fingerprint density at radius 3 is 2.71 bits per heavy atom. The van der Waals surface area contributed by atoms with Crippen molar-refractivity contribution in [2.45, 2.75) is 57.5 Å². The largest absolute Gasteiger partial charge is 0.385 e. The van der Waals surface area contributed by atoms with Crippen molar-refractivity contribution in [1.29, 1.82) is 0 Å². The second-order valence-corrected chi connectivity index (χ2v) is 12.0. The average Bonchev–Trinajstić information content (AvgIpc) is 3.17. The van der Waals surface area contributed by atoms with E-state index in [1.54, 1.807) is 11.3 Å². The SMILES string of the molecule is CC(C)(O)c1cc2nc(N3CCC(Cc4nccs4)CC3)nc(Nc3cc(C4CC4)[nH]n3)c2s1. The highest BCUT2D eigenvalue weighted by molar-refractivity contribution is 7.19. The van der Waals surface area contributed by atoms with Crippen LogP contribution in [0.4, 0.5) is 17.6 Å². The molecular formula is C24H29N7OS2. The summed E-state index contributed by atoms with van der Waals surface area (Å²) < 4.78 is 0.940. The van der Waals surface area contributed by atoms with E-state index < -0.39 is 5.60 Å². The molecule has 0 spiro atoms. The molecule has 5 heterocycles. The van der Waals surface area contributed by atoms with E-state index in [0.717, 1.165) is 65.0 Å². The molecule has 2 aliphatic rings. The molecule has 4 aromatic heterocycles. The standard InChI is InChI=1S/C24H29N7OS2/c1-24(2,32)18-12-17-21(34-18)22(27-19-13-16(29-30-19)15-3-4-15)28-23(26-17)31-8-5-14(6-9-31)11-20-25-7-10-33-20/h7,10,12-15,32H,3-6,8-9,11H2,1-2H3,(H2,26,27,28,29,30). The van der Waals surface area contributed by atoms with Crippen LogP contribution in [0, 0.1) is 5.92 Å². The Kier molecular flexibility index (Phi) is 5.54. The molecule has 0 atom stereocenters. The van der Waals surface area contributed by atoms with Gasteiger partial charge in [-0.25, -0.2) is 9.97 Å². The van der Waals surface area contributed by atoms with Crippen LogP contribution in [0.5, 0.6) is 0 Å². The third kappa shape index (κ3) is 4.54. The van der Waals surface area contributed by atoms with Gasteiger partial charge in [-0.3, -0.25) is 5.10 Å². The average molecular weight is 496 g/mol. The number of aromatic nitrogens is 5. The van der Waals surface area contributed by atoms with Gasteiger partial charge in [-0.2, -0.15) is 10.1 Å². The van der Waals surface area contributed by atoms with Gasteiger partial charge >= 0.3 is 0 Å². The molecule has 0 amide bonds. The minimum Gasteiger partial charge on any atom is -0.385 e. The molecule has 34 heavy (non-hydrogen) atoms. The molecule has 1 saturated carbocycles. The molecule has 2 fully saturated rings. The van der Waals surface area contributed by atoms with Crippen molar-refractivity contribution in [1.82, 2.24) is 25.1 Å². The summed E-state index contributed by atoms with van der Waals surface area (Å²) in [6.07, 6.45) is 7.60. The zero-order valence-electron chi connectivity index (χ0n) is 19.4. The van der Waals surface area contributed by atoms with E-state index >= 15 is 0 Å². The number of nitrogens with one attached hydrogen (secondary N) is 2. The lowest BCUT2D eigenvalue weighted by molar-refractivity contribution is 0.0826. The Bertz CT molecular complexity index is 1280. The van der Waals surface area contributed by atoms with Gasteiger partial charge in [-0.05, 0) is 51.5 Å². The summed E-state index contributed by atoms with van der Waals surface area (Å²) >= 11 is 3.28. The highest BCUT2D eigenvalue weighted by Gasteiger charge is 2.27. The Morgan fingerprint density at radius 2 is 2.00 bits per heavy atom. The first-order chi connectivity index (χ1) is 16.4. The van der Waals surface area contributed by atoms with E-state index in [0.29, 0.717) is 11.8 Å². The number of hydrogen-bond donors (Lipinski definition) is 3. The fourth-order valence-corrected chi connectivity index (χ4v) is 6.28. The van der Waals surface area contributed by atoms with E-state index in [-0.39, 0.29) is 0 Å². The van der Waals surface area contributed by atoms with Gasteiger partial charge in [0.1, 0.15) is 0 Å². The van der Waals surface area contributed by atoms with Gasteiger partial charge in [0.2, 0.25) is 5.95 Å². The second-order valence-electron chi connectivity index (χ2n) is 9.92. The van der Waals surface area contributed by atoms with Crippen LogP contribution >= 0.6 is 22.7 Å². The van der Waals surface area contributed by atoms with E-state index in [1.807, 2.05) is 26.1 Å². The summed E-state index contributed by atoms with van der Waals surface area (Å²) in [5.74, 6) is 3.52. The van der Waals surface area contributed by atoms with Crippen LogP contribution in [0.1, 0.15) is 61.0 Å². The van der Waals surface area contributed by atoms with E-state index in [2.05, 4.69) is 36.8 Å². The molecule has 0 bridgehead atoms. The van der Waals surface area contributed by atoms with E-state index in [9.17, 15) is 5.11 Å². The number of aromatic amines is 1. The fourth-order valence-electron chi connectivity index (χ4n) is 4.51. The predicted molar refractivity (Wildman–Crippen MR) is 137 cm³/mol. The minimum atomic E-state index is -0.928. The van der Waals surface area contributed by atoms with Gasteiger partial charge in [-0.15, -0.1) is 22.7 Å². The summed E-state index contributed by atoms with van der Waals surface area (Å²) in [6.45, 7) is 5.47. The van der Waals surface area contributed by atoms with Crippen molar-refractivity contribution in [2.75, 3.05) is 23.3 Å². The molecule has 3 N–H and O–H groups in total. The van der Waals surface area contributed by atoms with Crippen LogP contribution < -0.4 is 10.2 Å². The van der Waals surface area contributed by atoms with Crippen LogP contribution in [0.2, 0.25) is 0 Å². The lowest BCUT2D eigenvalue weighted by atomic mass is 9.94. The van der Waals surface area contributed by atoms with Crippen molar-refractivity contribution >= 4 is 50.5 Å². The number of nitrogens with zero attached hydrogens (tertiary/aromatic N) is 5. The van der Waals surface area contributed by atoms with Crippen molar-refractivity contribution in [3.8, 4) is 0 Å². The minimum absolute atomic E-state index is 0.609. The van der Waals surface area contributed by atoms with Gasteiger partial charge in [0.25, 0.3) is 0 Å². The molecule has 0 radical (unpaired) electrons. The van der Waals surface area contributed by atoms with E-state index in [1.165, 1.54) is 34.9 Å². The lowest BCUT2D eigenvalue weighted by Crippen LogP contribution is -2.35. The molecule has 4 aromatic rings. The zero-order chi connectivity index (χ0) is 23.3. The lowest BCUT2D eigenvalue weighted by Gasteiger charge is -2.31. The first-order valence-electron chi connectivity index (χ1n) is 11.9. The van der Waals surface area contributed by atoms with Crippen molar-refractivity contribution < 1.29 is 5.11 Å². The molecule has 8 nitrogen and oxygen atoms in total. The second kappa shape index (κ2) is 8.58. The molecule has 178 valence electrons. The summed E-state index contributed by atoms with van der Waals surface area (Å²) in [5, 5.41) is 24.9. The van der Waals surface area contributed by atoms with Crippen LogP contribution in [0.3, 0.4) is 0 Å². The Morgan fingerprint density at radius 1 is 1.18 bits per heavy atom. The number of thiophene rings is 1. The molecule has 6 rings (SSSR count). The van der Waals surface area contributed by atoms with Gasteiger partial charge in [0.15, 0.2) is 11.6 Å². The number of hydrogen-bond acceptors (Lipinski definition) is 9. The molecule has 0 unspecified atom stereocenters. The number of anilines is 3. The first kappa shape index (κ1) is 21.9. The van der Waals surface area contributed by atoms with Gasteiger partial charge in [0, 0.05) is 53.6 Å². The Labute approximate surface area is 206 Å². The number of thiazole rings is 1. The third-order valence-electron chi connectivity index (χ3n) is 6.67. The summed E-state index contributed by atoms with van der Waals surface area (Å²) in [5.41, 5.74) is 1.11. The number of H-pyrrole nitrogens is 1. The van der Waals surface area contributed by atoms with Gasteiger partial charge in [0.05, 0.1) is 20.8 Å². The molecular weight excluding hydrogens is 466 g/mol. The Balaban J connectivity index is 1.27. The maximum Gasteiger partial charge on any atom is 0.227 e. The summed E-state index contributed by atoms with van der Waals surface area (Å²) in [7, 11) is 0. The maximum atomic E-state index is 10.6. The third-order valence-corrected chi connectivity index (χ3v) is 8.91. The fraction of sp³-hybridized carbons (Fsp3) is 0.500. The van der Waals surface area contributed by atoms with Crippen LogP contribution in [0.25, 0.3) is 10.2 Å². The molecule has 10 heteroatoms. The van der Waals surface area contributed by atoms with Crippen molar-refractivity contribution in [3.05, 3.63) is 39.3 Å². The molecule has 1 aliphatic carbocycles. The normalized spacial score (nSPS) is 17.6. The molecule has 0 aromatic carbocycles. The predicted octanol–water partition coefficient (Wildman–Crippen LogP) is 5.18. The highest BCUT2D eigenvalue weighted by atomic mass is 32.1. The van der Waals surface area contributed by atoms with Gasteiger partial charge < -0.3 is 15.3 Å². The van der Waals surface area contributed by atoms with Gasteiger partial charge in [-0.1, -0.05) is 0 Å². The first-order valence-corrected chi connectivity index (χ1v) is 13.6. The maximum absolute atomic E-state index is 10.6. The molecule has 1 saturated heterocycles. The van der Waals surface area contributed by atoms with E-state index in [4.69, 9.17) is 9.97 Å². The van der Waals surface area contributed by atoms with Crippen molar-refractivity contribution in [3.63, 3.8) is 0 Å². The number of fused-ring (bicyclic) bond motifs is 1. The van der Waals surface area contributed by atoms with Crippen LogP contribution in [0.15, 0.2) is 23.7 Å². The van der Waals surface area contributed by atoms with Crippen LogP contribution in [-0.4, -0.2) is 43.3 Å². The summed E-state index contributed by atoms with van der Waals surface area (Å²) in [4.78, 5) is 17.5. The van der Waals surface area contributed by atoms with Crippen LogP contribution in [-0.2, 0) is 12.0 Å². The number of aliphatic hydroxyl groups is 1. The molecule has 1 aliphatic heterocycles. The Hall–Kier alpha value is -2.56.